The van der Waals surface area contributed by atoms with Crippen molar-refractivity contribution in [3.63, 3.8) is 0 Å². The zero-order chi connectivity index (χ0) is 20.3. The molecule has 3 aliphatic rings. The molecule has 0 bridgehead atoms. The summed E-state index contributed by atoms with van der Waals surface area (Å²) < 4.78 is 11.7. The molecule has 6 nitrogen and oxygen atoms in total. The van der Waals surface area contributed by atoms with Gasteiger partial charge in [0.1, 0.15) is 11.4 Å². The minimum absolute atomic E-state index is 0.151. The average molecular weight is 402 g/mol. The molecule has 1 aromatic rings. The number of amides is 1. The van der Waals surface area contributed by atoms with Crippen LogP contribution in [0.3, 0.4) is 0 Å². The Labute approximate surface area is 174 Å². The third kappa shape index (κ3) is 4.63. The molecule has 0 saturated carbocycles. The van der Waals surface area contributed by atoms with Crippen LogP contribution in [-0.2, 0) is 4.74 Å². The highest BCUT2D eigenvalue weighted by Gasteiger charge is 2.46. The molecule has 1 amide bonds. The zero-order valence-electron chi connectivity index (χ0n) is 17.9. The van der Waals surface area contributed by atoms with E-state index in [2.05, 4.69) is 41.0 Å². The van der Waals surface area contributed by atoms with Gasteiger partial charge in [0.05, 0.1) is 13.2 Å². The Morgan fingerprint density at radius 1 is 1.17 bits per heavy atom. The van der Waals surface area contributed by atoms with E-state index in [1.165, 1.54) is 25.1 Å². The molecule has 29 heavy (non-hydrogen) atoms. The molecule has 6 heteroatoms. The van der Waals surface area contributed by atoms with Crippen molar-refractivity contribution in [3.05, 3.63) is 24.3 Å². The van der Waals surface area contributed by atoms with Crippen molar-refractivity contribution < 1.29 is 14.3 Å². The number of hydrogen-bond acceptors (Lipinski definition) is 5. The molecule has 3 heterocycles. The second kappa shape index (κ2) is 8.82. The number of piperidine rings is 1. The molecule has 0 N–H and O–H groups in total. The van der Waals surface area contributed by atoms with E-state index in [9.17, 15) is 4.79 Å². The van der Waals surface area contributed by atoms with Crippen molar-refractivity contribution >= 4 is 11.8 Å². The summed E-state index contributed by atoms with van der Waals surface area (Å²) in [5.74, 6) is 0.944. The van der Waals surface area contributed by atoms with E-state index < -0.39 is 0 Å². The lowest BCUT2D eigenvalue weighted by atomic mass is 9.91. The summed E-state index contributed by atoms with van der Waals surface area (Å²) in [5.41, 5.74) is 0.939. The predicted molar refractivity (Wildman–Crippen MR) is 115 cm³/mol. The molecule has 1 aromatic carbocycles. The van der Waals surface area contributed by atoms with Crippen molar-refractivity contribution in [1.29, 1.82) is 0 Å². The number of carbonyl (C=O) groups is 1. The number of nitrogens with zero attached hydrogens (tertiary/aromatic N) is 3. The highest BCUT2D eigenvalue weighted by Crippen LogP contribution is 2.35. The zero-order valence-corrected chi connectivity index (χ0v) is 17.9. The monoisotopic (exact) mass is 401 g/mol. The Hall–Kier alpha value is -1.95. The third-order valence-corrected chi connectivity index (χ3v) is 6.85. The van der Waals surface area contributed by atoms with Crippen LogP contribution < -0.4 is 9.64 Å². The smallest absolute Gasteiger partial charge is 0.410 e. The van der Waals surface area contributed by atoms with E-state index in [0.717, 1.165) is 70.4 Å². The lowest BCUT2D eigenvalue weighted by Gasteiger charge is -2.38. The van der Waals surface area contributed by atoms with E-state index in [4.69, 9.17) is 9.47 Å². The molecular formula is C23H35N3O3. The highest BCUT2D eigenvalue weighted by molar-refractivity contribution is 5.70. The molecule has 1 spiro atoms. The summed E-state index contributed by atoms with van der Waals surface area (Å²) in [4.78, 5) is 18.7. The van der Waals surface area contributed by atoms with E-state index in [1.54, 1.807) is 0 Å². The van der Waals surface area contributed by atoms with Crippen LogP contribution in [0.15, 0.2) is 24.3 Å². The van der Waals surface area contributed by atoms with Crippen LogP contribution in [0, 0.1) is 0 Å². The molecule has 0 radical (unpaired) electrons. The molecule has 160 valence electrons. The van der Waals surface area contributed by atoms with E-state index >= 15 is 0 Å². The van der Waals surface area contributed by atoms with Gasteiger partial charge in [0.15, 0.2) is 0 Å². The maximum absolute atomic E-state index is 11.9. The van der Waals surface area contributed by atoms with Gasteiger partial charge in [0, 0.05) is 50.7 Å². The summed E-state index contributed by atoms with van der Waals surface area (Å²) in [6, 6.07) is 9.18. The molecule has 0 aromatic heterocycles. The first kappa shape index (κ1) is 20.3. The van der Waals surface area contributed by atoms with Gasteiger partial charge < -0.3 is 24.2 Å². The number of ether oxygens (including phenoxy) is 2. The van der Waals surface area contributed by atoms with Crippen LogP contribution in [-0.4, -0.2) is 73.4 Å². The Bertz CT molecular complexity index is 685. The van der Waals surface area contributed by atoms with Gasteiger partial charge in [0.25, 0.3) is 0 Å². The van der Waals surface area contributed by atoms with Gasteiger partial charge >= 0.3 is 6.09 Å². The molecule has 3 fully saturated rings. The normalized spacial score (nSPS) is 24.3. The molecular weight excluding hydrogens is 366 g/mol. The Morgan fingerprint density at radius 3 is 2.55 bits per heavy atom. The lowest BCUT2D eigenvalue weighted by molar-refractivity contribution is 0.0367. The number of carbonyl (C=O) groups excluding carboxylic acids is 1. The molecule has 0 aliphatic carbocycles. The van der Waals surface area contributed by atoms with Gasteiger partial charge in [-0.05, 0) is 63.9 Å². The summed E-state index contributed by atoms with van der Waals surface area (Å²) in [7, 11) is 0. The summed E-state index contributed by atoms with van der Waals surface area (Å²) >= 11 is 0. The minimum atomic E-state index is -0.278. The fraction of sp³-hybridized carbons (Fsp3) is 0.696. The number of likely N-dealkylation sites (tertiary alicyclic amines) is 1. The molecule has 3 saturated heterocycles. The van der Waals surface area contributed by atoms with Crippen molar-refractivity contribution in [2.75, 3.05) is 50.8 Å². The summed E-state index contributed by atoms with van der Waals surface area (Å²) in [6.45, 7) is 10.8. The quantitative estimate of drug-likeness (QED) is 0.651. The standard InChI is InChI=1S/C23H35N3O3/c1-3-24-18-23(29-22(24)27)11-15-26(16-12-23)20-7-9-21(10-8-20)28-17-5-14-25-13-4-6-19(25)2/h7-10,19H,3-6,11-18H2,1-2H3/t19-/m1/s1. The van der Waals surface area contributed by atoms with Gasteiger partial charge in [0.2, 0.25) is 0 Å². The van der Waals surface area contributed by atoms with Gasteiger partial charge in [-0.15, -0.1) is 0 Å². The SMILES string of the molecule is CCN1CC2(CCN(c3ccc(OCCCN4CCC[C@H]4C)cc3)CC2)OC1=O. The van der Waals surface area contributed by atoms with Gasteiger partial charge in [-0.2, -0.15) is 0 Å². The summed E-state index contributed by atoms with van der Waals surface area (Å²) in [6.07, 6.45) is 5.37. The topological polar surface area (TPSA) is 45.2 Å². The largest absolute Gasteiger partial charge is 0.494 e. The molecule has 1 atom stereocenters. The first-order valence-electron chi connectivity index (χ1n) is 11.3. The van der Waals surface area contributed by atoms with E-state index in [0.29, 0.717) is 0 Å². The third-order valence-electron chi connectivity index (χ3n) is 6.85. The highest BCUT2D eigenvalue weighted by atomic mass is 16.6. The minimum Gasteiger partial charge on any atom is -0.494 e. The second-order valence-electron chi connectivity index (χ2n) is 8.78. The first-order valence-corrected chi connectivity index (χ1v) is 11.3. The number of rotatable bonds is 7. The average Bonchev–Trinajstić information content (AvgIpc) is 3.29. The molecule has 3 aliphatic heterocycles. The Kier molecular flexibility index (Phi) is 6.18. The Balaban J connectivity index is 1.21. The molecule has 4 rings (SSSR count). The van der Waals surface area contributed by atoms with Crippen LogP contribution in [0.2, 0.25) is 0 Å². The molecule has 0 unspecified atom stereocenters. The van der Waals surface area contributed by atoms with Crippen molar-refractivity contribution in [2.24, 2.45) is 0 Å². The number of likely N-dealkylation sites (N-methyl/N-ethyl adjacent to an activating group) is 1. The van der Waals surface area contributed by atoms with Crippen molar-refractivity contribution in [3.8, 4) is 5.75 Å². The number of benzene rings is 1. The van der Waals surface area contributed by atoms with Gasteiger partial charge in [-0.3, -0.25) is 0 Å². The maximum atomic E-state index is 11.9. The maximum Gasteiger partial charge on any atom is 0.410 e. The number of anilines is 1. The summed E-state index contributed by atoms with van der Waals surface area (Å²) in [5, 5.41) is 0. The van der Waals surface area contributed by atoms with E-state index in [-0.39, 0.29) is 11.7 Å². The predicted octanol–water partition coefficient (Wildman–Crippen LogP) is 3.75. The van der Waals surface area contributed by atoms with Crippen LogP contribution in [0.1, 0.15) is 46.0 Å². The van der Waals surface area contributed by atoms with Crippen LogP contribution in [0.5, 0.6) is 5.75 Å². The number of hydrogen-bond donors (Lipinski definition) is 0. The van der Waals surface area contributed by atoms with Crippen molar-refractivity contribution in [1.82, 2.24) is 9.80 Å². The van der Waals surface area contributed by atoms with Gasteiger partial charge in [-0.1, -0.05) is 0 Å². The lowest BCUT2D eigenvalue weighted by Crippen LogP contribution is -2.47. The van der Waals surface area contributed by atoms with Crippen LogP contribution in [0.4, 0.5) is 10.5 Å². The fourth-order valence-electron chi connectivity index (χ4n) is 4.90. The fourth-order valence-corrected chi connectivity index (χ4v) is 4.90. The van der Waals surface area contributed by atoms with Crippen LogP contribution >= 0.6 is 0 Å². The first-order chi connectivity index (χ1) is 14.1. The van der Waals surface area contributed by atoms with Crippen LogP contribution in [0.25, 0.3) is 0 Å². The second-order valence-corrected chi connectivity index (χ2v) is 8.78. The van der Waals surface area contributed by atoms with Gasteiger partial charge in [-0.25, -0.2) is 4.79 Å². The van der Waals surface area contributed by atoms with E-state index in [1.807, 2.05) is 11.8 Å². The van der Waals surface area contributed by atoms with Crippen molar-refractivity contribution in [2.45, 2.75) is 57.6 Å². The Morgan fingerprint density at radius 2 is 1.93 bits per heavy atom.